The van der Waals surface area contributed by atoms with E-state index >= 15 is 0 Å². The number of hydrogen-bond donors (Lipinski definition) is 3. The van der Waals surface area contributed by atoms with Crippen molar-refractivity contribution in [3.05, 3.63) is 23.0 Å². The molecule has 0 aromatic carbocycles. The molecule has 0 saturated heterocycles. The summed E-state index contributed by atoms with van der Waals surface area (Å²) in [5.74, 6) is -0.195. The third kappa shape index (κ3) is 2.59. The Morgan fingerprint density at radius 1 is 1.37 bits per heavy atom. The van der Waals surface area contributed by atoms with Crippen LogP contribution < -0.4 is 5.73 Å². The Bertz CT molecular complexity index is 734. The van der Waals surface area contributed by atoms with E-state index in [2.05, 4.69) is 6.92 Å². The number of carbonyl (C=O) groups is 1. The van der Waals surface area contributed by atoms with E-state index in [4.69, 9.17) is 10.5 Å². The lowest BCUT2D eigenvalue weighted by Gasteiger charge is -2.55. The molecule has 4 aliphatic rings. The number of halogens is 1. The first-order valence-electron chi connectivity index (χ1n) is 9.97. The number of alkyl halides is 1. The zero-order valence-electron chi connectivity index (χ0n) is 16.2. The number of esters is 1. The minimum absolute atomic E-state index is 0.0543. The number of ether oxygens (including phenoxy) is 1. The van der Waals surface area contributed by atoms with Gasteiger partial charge in [0.25, 0.3) is 0 Å². The van der Waals surface area contributed by atoms with Crippen LogP contribution in [-0.4, -0.2) is 40.6 Å². The van der Waals surface area contributed by atoms with Gasteiger partial charge in [-0.05, 0) is 66.4 Å². The summed E-state index contributed by atoms with van der Waals surface area (Å²) in [4.78, 5) is 11.5. The average molecular weight is 379 g/mol. The quantitative estimate of drug-likeness (QED) is 0.609. The Kier molecular flexibility index (Phi) is 4.24. The Morgan fingerprint density at radius 3 is 2.74 bits per heavy atom. The maximum atomic E-state index is 14.5. The van der Waals surface area contributed by atoms with Gasteiger partial charge in [-0.3, -0.25) is 4.79 Å². The van der Waals surface area contributed by atoms with Crippen molar-refractivity contribution in [3.8, 4) is 0 Å². The lowest BCUT2D eigenvalue weighted by Crippen LogP contribution is -2.52. The van der Waals surface area contributed by atoms with E-state index in [9.17, 15) is 19.4 Å². The van der Waals surface area contributed by atoms with Crippen molar-refractivity contribution in [2.24, 2.45) is 28.4 Å². The number of aliphatic hydroxyl groups excluding tert-OH is 2. The number of nitrogens with two attached hydrogens (primary N) is 1. The molecule has 0 amide bonds. The summed E-state index contributed by atoms with van der Waals surface area (Å²) in [6.45, 7) is 5.53. The van der Waals surface area contributed by atoms with Crippen LogP contribution in [0.15, 0.2) is 23.0 Å². The molecule has 0 radical (unpaired) electrons. The van der Waals surface area contributed by atoms with Gasteiger partial charge in [-0.1, -0.05) is 19.4 Å². The fraction of sp³-hybridized carbons (Fsp3) is 0.762. The van der Waals surface area contributed by atoms with Crippen LogP contribution in [0.1, 0.15) is 52.9 Å². The predicted molar refractivity (Wildman–Crippen MR) is 98.4 cm³/mol. The van der Waals surface area contributed by atoms with Crippen molar-refractivity contribution in [2.75, 3.05) is 0 Å². The van der Waals surface area contributed by atoms with E-state index in [0.29, 0.717) is 19.3 Å². The SMILES string of the molecule is CC(=O)OC1C[C@@]2(C)C(=CC(O)=C3[C@H]2CC[C@]2(C)C(N)C(F)C[C@@H]32)CC1O. The molecule has 0 heterocycles. The number of allylic oxidation sites excluding steroid dienone is 2. The second kappa shape index (κ2) is 6.05. The minimum atomic E-state index is -1.06. The summed E-state index contributed by atoms with van der Waals surface area (Å²) in [6.07, 6.45) is 2.23. The van der Waals surface area contributed by atoms with Crippen LogP contribution in [0, 0.1) is 22.7 Å². The van der Waals surface area contributed by atoms with Gasteiger partial charge in [0.2, 0.25) is 0 Å². The van der Waals surface area contributed by atoms with E-state index in [1.54, 1.807) is 6.08 Å². The van der Waals surface area contributed by atoms with Crippen LogP contribution in [-0.2, 0) is 9.53 Å². The van der Waals surface area contributed by atoms with Gasteiger partial charge < -0.3 is 20.7 Å². The molecule has 27 heavy (non-hydrogen) atoms. The molecule has 5 nitrogen and oxygen atoms in total. The van der Waals surface area contributed by atoms with Gasteiger partial charge in [-0.25, -0.2) is 4.39 Å². The molecule has 0 aromatic rings. The maximum Gasteiger partial charge on any atom is 0.302 e. The molecule has 6 heteroatoms. The van der Waals surface area contributed by atoms with Crippen molar-refractivity contribution in [1.82, 2.24) is 0 Å². The standard InChI is InChI=1S/C21H30FNO4/c1-10(24)27-17-9-21(3)11(6-15(17)25)7-16(26)18-12(21)4-5-20(2)13(18)8-14(22)19(20)23/h7,12-15,17,19,25-26H,4-6,8-9,23H2,1-3H3/t12-,13+,14?,15?,17?,19?,20+,21+/m1/s1. The van der Waals surface area contributed by atoms with E-state index in [1.807, 2.05) is 6.92 Å². The molecule has 0 aromatic heterocycles. The number of rotatable bonds is 1. The van der Waals surface area contributed by atoms with Gasteiger partial charge >= 0.3 is 5.97 Å². The third-order valence-corrected chi connectivity index (χ3v) is 8.04. The number of fused-ring (bicyclic) bond motifs is 5. The molecule has 4 rings (SSSR count). The first kappa shape index (κ1) is 18.9. The predicted octanol–water partition coefficient (Wildman–Crippen LogP) is 2.93. The fourth-order valence-electron chi connectivity index (χ4n) is 6.43. The Hall–Kier alpha value is -1.40. The first-order valence-corrected chi connectivity index (χ1v) is 9.97. The molecule has 3 fully saturated rings. The molecule has 0 spiro atoms. The topological polar surface area (TPSA) is 92.8 Å². The molecule has 3 saturated carbocycles. The normalized spacial score (nSPS) is 49.0. The summed E-state index contributed by atoms with van der Waals surface area (Å²) in [7, 11) is 0. The van der Waals surface area contributed by atoms with E-state index in [0.717, 1.165) is 24.0 Å². The number of hydrogen-bond acceptors (Lipinski definition) is 5. The highest BCUT2D eigenvalue weighted by Crippen LogP contribution is 2.64. The van der Waals surface area contributed by atoms with E-state index < -0.39 is 30.4 Å². The Morgan fingerprint density at radius 2 is 2.07 bits per heavy atom. The highest BCUT2D eigenvalue weighted by Gasteiger charge is 2.60. The Balaban J connectivity index is 1.74. The highest BCUT2D eigenvalue weighted by molar-refractivity contribution is 5.66. The summed E-state index contributed by atoms with van der Waals surface area (Å²) < 4.78 is 19.9. The van der Waals surface area contributed by atoms with Crippen molar-refractivity contribution in [2.45, 2.75) is 77.3 Å². The molecule has 0 aliphatic heterocycles. The monoisotopic (exact) mass is 379 g/mol. The summed E-state index contributed by atoms with van der Waals surface area (Å²) >= 11 is 0. The van der Waals surface area contributed by atoms with Crippen LogP contribution in [0.3, 0.4) is 0 Å². The zero-order valence-corrected chi connectivity index (χ0v) is 16.2. The third-order valence-electron chi connectivity index (χ3n) is 8.04. The molecule has 8 atom stereocenters. The lowest BCUT2D eigenvalue weighted by molar-refractivity contribution is -0.157. The molecule has 150 valence electrons. The van der Waals surface area contributed by atoms with Crippen LogP contribution in [0.25, 0.3) is 0 Å². The summed E-state index contributed by atoms with van der Waals surface area (Å²) in [6, 6.07) is -0.510. The van der Waals surface area contributed by atoms with Crippen LogP contribution in [0.5, 0.6) is 0 Å². The lowest BCUT2D eigenvalue weighted by atomic mass is 9.50. The van der Waals surface area contributed by atoms with Crippen LogP contribution in [0.4, 0.5) is 4.39 Å². The second-order valence-corrected chi connectivity index (χ2v) is 9.48. The van der Waals surface area contributed by atoms with Crippen molar-refractivity contribution >= 4 is 5.97 Å². The molecule has 4 unspecified atom stereocenters. The van der Waals surface area contributed by atoms with Crippen molar-refractivity contribution < 1.29 is 24.1 Å². The molecule has 4 aliphatic carbocycles. The summed E-state index contributed by atoms with van der Waals surface area (Å²) in [5.41, 5.74) is 7.46. The van der Waals surface area contributed by atoms with Gasteiger partial charge in [0.15, 0.2) is 0 Å². The van der Waals surface area contributed by atoms with Gasteiger partial charge in [0.1, 0.15) is 18.0 Å². The number of aliphatic hydroxyl groups is 2. The smallest absolute Gasteiger partial charge is 0.302 e. The maximum absolute atomic E-state index is 14.5. The van der Waals surface area contributed by atoms with Gasteiger partial charge in [0, 0.05) is 13.0 Å². The van der Waals surface area contributed by atoms with Crippen LogP contribution >= 0.6 is 0 Å². The van der Waals surface area contributed by atoms with Crippen LogP contribution in [0.2, 0.25) is 0 Å². The zero-order chi connectivity index (χ0) is 19.7. The van der Waals surface area contributed by atoms with Gasteiger partial charge in [-0.15, -0.1) is 0 Å². The van der Waals surface area contributed by atoms with Gasteiger partial charge in [-0.2, -0.15) is 0 Å². The number of carbonyl (C=O) groups excluding carboxylic acids is 1. The minimum Gasteiger partial charge on any atom is -0.508 e. The van der Waals surface area contributed by atoms with Gasteiger partial charge in [0.05, 0.1) is 6.10 Å². The van der Waals surface area contributed by atoms with E-state index in [1.165, 1.54) is 6.92 Å². The molecular weight excluding hydrogens is 349 g/mol. The second-order valence-electron chi connectivity index (χ2n) is 9.48. The fourth-order valence-corrected chi connectivity index (χ4v) is 6.43. The van der Waals surface area contributed by atoms with Crippen molar-refractivity contribution in [1.29, 1.82) is 0 Å². The first-order chi connectivity index (χ1) is 12.6. The average Bonchev–Trinajstić information content (AvgIpc) is 2.80. The van der Waals surface area contributed by atoms with Crippen molar-refractivity contribution in [3.63, 3.8) is 0 Å². The van der Waals surface area contributed by atoms with E-state index in [-0.39, 0.29) is 28.4 Å². The molecular formula is C21H30FNO4. The highest BCUT2D eigenvalue weighted by atomic mass is 19.1. The summed E-state index contributed by atoms with van der Waals surface area (Å²) in [5, 5.41) is 21.3. The largest absolute Gasteiger partial charge is 0.508 e. The Labute approximate surface area is 159 Å². The molecule has 0 bridgehead atoms. The molecule has 4 N–H and O–H groups in total.